The van der Waals surface area contributed by atoms with E-state index in [4.69, 9.17) is 0 Å². The van der Waals surface area contributed by atoms with Gasteiger partial charge in [0.15, 0.2) is 0 Å². The van der Waals surface area contributed by atoms with E-state index in [2.05, 4.69) is 23.4 Å². The number of hydrogen-bond donors (Lipinski definition) is 0. The van der Waals surface area contributed by atoms with Crippen molar-refractivity contribution in [3.63, 3.8) is 0 Å². The summed E-state index contributed by atoms with van der Waals surface area (Å²) in [6.45, 7) is 11.1. The van der Waals surface area contributed by atoms with Gasteiger partial charge in [0.2, 0.25) is 0 Å². The van der Waals surface area contributed by atoms with E-state index in [1.165, 1.54) is 0 Å². The number of allylic oxidation sites excluding steroid dienone is 5. The number of azo groups is 1. The van der Waals surface area contributed by atoms with Crippen LogP contribution in [0.25, 0.3) is 0 Å². The molecule has 0 saturated carbocycles. The second-order valence-electron chi connectivity index (χ2n) is 2.73. The highest BCUT2D eigenvalue weighted by Gasteiger charge is 1.88. The lowest BCUT2D eigenvalue weighted by atomic mass is 10.3. The molecule has 0 fully saturated rings. The Bertz CT molecular complexity index is 245. The van der Waals surface area contributed by atoms with Crippen molar-refractivity contribution in [3.8, 4) is 0 Å². The van der Waals surface area contributed by atoms with Crippen LogP contribution in [-0.2, 0) is 0 Å². The first-order valence-electron chi connectivity index (χ1n) is 4.23. The van der Waals surface area contributed by atoms with Crippen molar-refractivity contribution in [2.45, 2.75) is 19.9 Å². The molecule has 0 unspecified atom stereocenters. The molecule has 0 aliphatic rings. The van der Waals surface area contributed by atoms with E-state index in [1.54, 1.807) is 18.2 Å². The largest absolute Gasteiger partial charge is 0.186 e. The first-order valence-corrected chi connectivity index (χ1v) is 4.23. The molecule has 0 aliphatic carbocycles. The van der Waals surface area contributed by atoms with Gasteiger partial charge in [-0.25, -0.2) is 0 Å². The summed E-state index contributed by atoms with van der Waals surface area (Å²) in [5.74, 6) is 0. The van der Waals surface area contributed by atoms with Crippen molar-refractivity contribution < 1.29 is 0 Å². The van der Waals surface area contributed by atoms with Crippen LogP contribution < -0.4 is 0 Å². The zero-order valence-corrected chi connectivity index (χ0v) is 8.27. The number of nitrogens with zero attached hydrogens (tertiary/aromatic N) is 2. The van der Waals surface area contributed by atoms with Crippen LogP contribution in [0, 0.1) is 0 Å². The Morgan fingerprint density at radius 3 is 2.38 bits per heavy atom. The highest BCUT2D eigenvalue weighted by Crippen LogP contribution is 2.02. The molecule has 0 atom stereocenters. The normalized spacial score (nSPS) is 13.0. The maximum Gasteiger partial charge on any atom is 0.0852 e. The molecule has 2 nitrogen and oxygen atoms in total. The van der Waals surface area contributed by atoms with E-state index in [0.29, 0.717) is 0 Å². The molecule has 0 rings (SSSR count). The van der Waals surface area contributed by atoms with Crippen LogP contribution in [0.2, 0.25) is 0 Å². The lowest BCUT2D eigenvalue weighted by Crippen LogP contribution is -1.85. The Balaban J connectivity index is 4.44. The number of rotatable bonds is 5. The summed E-state index contributed by atoms with van der Waals surface area (Å²) < 4.78 is 0. The van der Waals surface area contributed by atoms with Gasteiger partial charge in [0.1, 0.15) is 0 Å². The maximum atomic E-state index is 4.03. The Morgan fingerprint density at radius 2 is 1.92 bits per heavy atom. The highest BCUT2D eigenvalue weighted by atomic mass is 15.1. The summed E-state index contributed by atoms with van der Waals surface area (Å²) in [6, 6.07) is 0.213. The fourth-order valence-corrected chi connectivity index (χ4v) is 0.592. The maximum absolute atomic E-state index is 4.03. The average molecular weight is 176 g/mol. The summed E-state index contributed by atoms with van der Waals surface area (Å²) in [5.41, 5.74) is 0.781. The molecule has 0 aromatic heterocycles. The molecule has 13 heavy (non-hydrogen) atoms. The van der Waals surface area contributed by atoms with Gasteiger partial charge >= 0.3 is 0 Å². The van der Waals surface area contributed by atoms with Gasteiger partial charge in [-0.2, -0.15) is 10.2 Å². The van der Waals surface area contributed by atoms with Crippen molar-refractivity contribution in [3.05, 3.63) is 49.2 Å². The standard InChI is InChI=1S/C11H16N2/c1-5-7-9-11(8-6-2)13-12-10(3)4/h5-10H,1-2H2,3-4H3/b9-7-,11-8+,13-12+. The Kier molecular flexibility index (Phi) is 6.42. The molecule has 0 saturated heterocycles. The Labute approximate surface area is 80.1 Å². The van der Waals surface area contributed by atoms with Gasteiger partial charge in [-0.3, -0.25) is 0 Å². The summed E-state index contributed by atoms with van der Waals surface area (Å²) in [5, 5.41) is 8.05. The molecule has 2 heteroatoms. The molecule has 0 aromatic rings. The Morgan fingerprint density at radius 1 is 1.23 bits per heavy atom. The third-order valence-electron chi connectivity index (χ3n) is 1.10. The van der Waals surface area contributed by atoms with Crippen molar-refractivity contribution in [1.29, 1.82) is 0 Å². The van der Waals surface area contributed by atoms with Gasteiger partial charge in [-0.15, -0.1) is 0 Å². The molecule has 0 radical (unpaired) electrons. The Hall–Kier alpha value is -1.44. The predicted molar refractivity (Wildman–Crippen MR) is 57.6 cm³/mol. The molecule has 0 spiro atoms. The molecule has 0 amide bonds. The van der Waals surface area contributed by atoms with E-state index >= 15 is 0 Å². The summed E-state index contributed by atoms with van der Waals surface area (Å²) in [6.07, 6.45) is 8.82. The third kappa shape index (κ3) is 6.94. The van der Waals surface area contributed by atoms with Gasteiger partial charge < -0.3 is 0 Å². The monoisotopic (exact) mass is 176 g/mol. The van der Waals surface area contributed by atoms with Crippen molar-refractivity contribution in [2.75, 3.05) is 0 Å². The van der Waals surface area contributed by atoms with Crippen molar-refractivity contribution in [1.82, 2.24) is 0 Å². The molecule has 0 N–H and O–H groups in total. The topological polar surface area (TPSA) is 24.7 Å². The van der Waals surface area contributed by atoms with Gasteiger partial charge in [-0.05, 0) is 26.0 Å². The van der Waals surface area contributed by atoms with Gasteiger partial charge in [0.05, 0.1) is 11.7 Å². The highest BCUT2D eigenvalue weighted by molar-refractivity contribution is 5.23. The first kappa shape index (κ1) is 11.6. The minimum Gasteiger partial charge on any atom is -0.186 e. The molecular formula is C11H16N2. The van der Waals surface area contributed by atoms with Crippen molar-refractivity contribution >= 4 is 0 Å². The fraction of sp³-hybridized carbons (Fsp3) is 0.273. The lowest BCUT2D eigenvalue weighted by Gasteiger charge is -1.93. The summed E-state index contributed by atoms with van der Waals surface area (Å²) in [7, 11) is 0. The zero-order chi connectivity index (χ0) is 10.1. The smallest absolute Gasteiger partial charge is 0.0852 e. The van der Waals surface area contributed by atoms with Gasteiger partial charge in [0.25, 0.3) is 0 Å². The van der Waals surface area contributed by atoms with Crippen LogP contribution >= 0.6 is 0 Å². The minimum absolute atomic E-state index is 0.213. The molecule has 0 heterocycles. The second-order valence-corrected chi connectivity index (χ2v) is 2.73. The summed E-state index contributed by atoms with van der Waals surface area (Å²) in [4.78, 5) is 0. The molecule has 0 aromatic carbocycles. The van der Waals surface area contributed by atoms with Gasteiger partial charge in [-0.1, -0.05) is 31.4 Å². The SMILES string of the molecule is C=C\C=C/C(=C\C=C)/N=N/C(C)C. The van der Waals surface area contributed by atoms with Crippen LogP contribution in [0.15, 0.2) is 59.5 Å². The van der Waals surface area contributed by atoms with Crippen LogP contribution in [0.4, 0.5) is 0 Å². The van der Waals surface area contributed by atoms with Crippen LogP contribution in [-0.4, -0.2) is 6.04 Å². The average Bonchev–Trinajstić information content (AvgIpc) is 2.09. The van der Waals surface area contributed by atoms with E-state index in [-0.39, 0.29) is 6.04 Å². The molecule has 70 valence electrons. The first-order chi connectivity index (χ1) is 6.20. The molecule has 0 aliphatic heterocycles. The van der Waals surface area contributed by atoms with Crippen molar-refractivity contribution in [2.24, 2.45) is 10.2 Å². The van der Waals surface area contributed by atoms with Crippen LogP contribution in [0.5, 0.6) is 0 Å². The van der Waals surface area contributed by atoms with E-state index < -0.39 is 0 Å². The lowest BCUT2D eigenvalue weighted by molar-refractivity contribution is 0.771. The number of hydrogen-bond acceptors (Lipinski definition) is 2. The van der Waals surface area contributed by atoms with Crippen LogP contribution in [0.1, 0.15) is 13.8 Å². The van der Waals surface area contributed by atoms with Gasteiger partial charge in [0, 0.05) is 0 Å². The predicted octanol–water partition coefficient (Wildman–Crippen LogP) is 3.66. The van der Waals surface area contributed by atoms with E-state index in [9.17, 15) is 0 Å². The van der Waals surface area contributed by atoms with E-state index in [0.717, 1.165) is 5.70 Å². The minimum atomic E-state index is 0.213. The van der Waals surface area contributed by atoms with E-state index in [1.807, 2.05) is 26.0 Å². The molecular weight excluding hydrogens is 160 g/mol. The quantitative estimate of drug-likeness (QED) is 0.451. The zero-order valence-electron chi connectivity index (χ0n) is 8.27. The third-order valence-corrected chi connectivity index (χ3v) is 1.10. The van der Waals surface area contributed by atoms with Crippen LogP contribution in [0.3, 0.4) is 0 Å². The fourth-order valence-electron chi connectivity index (χ4n) is 0.592. The molecule has 0 bridgehead atoms. The second kappa shape index (κ2) is 7.22. The summed E-state index contributed by atoms with van der Waals surface area (Å²) >= 11 is 0.